The average Bonchev–Trinajstić information content (AvgIpc) is 4.39. The number of nitrogens with zero attached hydrogens (tertiary/aromatic N) is 5. The molecular formula is C53H62N10O12S4. The smallest absolute Gasteiger partial charge is 0.411 e. The lowest BCUT2D eigenvalue weighted by Crippen LogP contribution is -2.43. The number of rotatable bonds is 16. The number of carbonyl (C=O) groups is 3. The van der Waals surface area contributed by atoms with E-state index in [-0.39, 0.29) is 48.5 Å². The zero-order valence-electron chi connectivity index (χ0n) is 43.4. The molecule has 2 unspecified atom stereocenters. The van der Waals surface area contributed by atoms with E-state index in [2.05, 4.69) is 62.5 Å². The Morgan fingerprint density at radius 1 is 0.722 bits per heavy atom. The highest BCUT2D eigenvalue weighted by molar-refractivity contribution is 7.84. The molecule has 420 valence electrons. The second kappa shape index (κ2) is 24.3. The molecule has 8 atom stereocenters. The minimum absolute atomic E-state index is 0.0360. The summed E-state index contributed by atoms with van der Waals surface area (Å²) in [4.78, 5) is 59.9. The number of ether oxygens (including phenoxy) is 1. The van der Waals surface area contributed by atoms with Crippen molar-refractivity contribution in [1.29, 1.82) is 0 Å². The second-order valence-electron chi connectivity index (χ2n) is 20.9. The normalized spacial score (nSPS) is 22.9. The molecule has 4 aromatic heterocycles. The lowest BCUT2D eigenvalue weighted by Gasteiger charge is -2.38. The molecule has 2 aromatic carbocycles. The largest absolute Gasteiger partial charge is 0.444 e. The molecule has 2 aliphatic carbocycles. The number of hydrogen-bond acceptors (Lipinski definition) is 21. The van der Waals surface area contributed by atoms with E-state index in [0.717, 1.165) is 35.2 Å². The van der Waals surface area contributed by atoms with Crippen molar-refractivity contribution in [2.75, 3.05) is 36.9 Å². The summed E-state index contributed by atoms with van der Waals surface area (Å²) in [5.74, 6) is -0.670. The topological polar surface area (TPSA) is 331 Å². The maximum atomic E-state index is 13.8. The highest BCUT2D eigenvalue weighted by Gasteiger charge is 2.38. The van der Waals surface area contributed by atoms with E-state index in [1.54, 1.807) is 11.0 Å². The number of aliphatic hydroxyl groups is 2. The predicted octanol–water partition coefficient (Wildman–Crippen LogP) is 5.20. The SMILES string of the molecule is CC(C)(C)OC(=O)N1CCc2ccccc2C1c1csc(C(=O)c2cncnc2N[C@@H]2C[C@H](COS(N)(=O)=O)[C@@H](O)C2)c1.NS(=O)(=O)OC[C@H]1C[C@@H](Nc2ncncc2C(=O)c2cc(C3NCCc4ccccc43)cs2)C[C@@H]1O. The fourth-order valence-corrected chi connectivity index (χ4v) is 13.0. The number of nitrogens with one attached hydrogen (secondary N) is 3. The molecule has 79 heavy (non-hydrogen) atoms. The van der Waals surface area contributed by atoms with Gasteiger partial charge in [0.2, 0.25) is 11.6 Å². The summed E-state index contributed by atoms with van der Waals surface area (Å²) in [6.45, 7) is 6.40. The number of ketones is 2. The Balaban J connectivity index is 0.000000195. The quantitative estimate of drug-likeness (QED) is 0.0612. The van der Waals surface area contributed by atoms with Crippen LogP contribution in [0, 0.1) is 11.8 Å². The van der Waals surface area contributed by atoms with E-state index in [4.69, 9.17) is 15.0 Å². The Bertz CT molecular complexity index is 3410. The number of amides is 1. The van der Waals surface area contributed by atoms with Gasteiger partial charge in [0.25, 0.3) is 0 Å². The molecule has 2 saturated carbocycles. The summed E-state index contributed by atoms with van der Waals surface area (Å²) in [5, 5.41) is 44.4. The van der Waals surface area contributed by atoms with Crippen LogP contribution in [0.2, 0.25) is 0 Å². The molecule has 22 nitrogen and oxygen atoms in total. The molecule has 6 aromatic rings. The van der Waals surface area contributed by atoms with Gasteiger partial charge in [-0.05, 0) is 116 Å². The van der Waals surface area contributed by atoms with E-state index in [9.17, 15) is 41.4 Å². The van der Waals surface area contributed by atoms with Crippen LogP contribution in [0.1, 0.15) is 122 Å². The first-order chi connectivity index (χ1) is 37.6. The third-order valence-corrected chi connectivity index (χ3v) is 17.0. The zero-order valence-corrected chi connectivity index (χ0v) is 46.7. The highest BCUT2D eigenvalue weighted by Crippen LogP contribution is 2.40. The van der Waals surface area contributed by atoms with Crippen LogP contribution >= 0.6 is 22.7 Å². The van der Waals surface area contributed by atoms with E-state index in [0.29, 0.717) is 65.6 Å². The molecule has 0 saturated heterocycles. The third-order valence-electron chi connectivity index (χ3n) is 14.2. The molecule has 0 radical (unpaired) electrons. The van der Waals surface area contributed by atoms with Crippen molar-refractivity contribution < 1.29 is 54.5 Å². The fraction of sp³-hybridized carbons (Fsp3) is 0.415. The molecule has 10 rings (SSSR count). The maximum absolute atomic E-state index is 13.8. The molecule has 2 aliphatic heterocycles. The van der Waals surface area contributed by atoms with Crippen molar-refractivity contribution >= 4 is 72.6 Å². The van der Waals surface area contributed by atoms with Gasteiger partial charge in [-0.1, -0.05) is 48.5 Å². The monoisotopic (exact) mass is 1160 g/mol. The first-order valence-electron chi connectivity index (χ1n) is 25.6. The summed E-state index contributed by atoms with van der Waals surface area (Å²) in [6, 6.07) is 19.1. The average molecular weight is 1160 g/mol. The lowest BCUT2D eigenvalue weighted by atomic mass is 9.89. The molecule has 0 spiro atoms. The van der Waals surface area contributed by atoms with Crippen molar-refractivity contribution in [2.24, 2.45) is 22.1 Å². The number of anilines is 2. The van der Waals surface area contributed by atoms with Crippen molar-refractivity contribution in [1.82, 2.24) is 30.2 Å². The number of aromatic nitrogens is 4. The summed E-state index contributed by atoms with van der Waals surface area (Å²) in [7, 11) is -8.21. The molecular weight excluding hydrogens is 1100 g/mol. The fourth-order valence-electron chi connectivity index (χ4n) is 10.5. The van der Waals surface area contributed by atoms with E-state index in [1.807, 2.05) is 67.9 Å². The Morgan fingerprint density at radius 2 is 1.22 bits per heavy atom. The van der Waals surface area contributed by atoms with Crippen LogP contribution < -0.4 is 26.2 Å². The van der Waals surface area contributed by atoms with Crippen LogP contribution in [-0.4, -0.2) is 126 Å². The van der Waals surface area contributed by atoms with Crippen LogP contribution in [0.3, 0.4) is 0 Å². The lowest BCUT2D eigenvalue weighted by molar-refractivity contribution is 0.0178. The van der Waals surface area contributed by atoms with Crippen molar-refractivity contribution in [3.63, 3.8) is 0 Å². The van der Waals surface area contributed by atoms with E-state index in [1.165, 1.54) is 58.8 Å². The molecule has 26 heteroatoms. The standard InChI is InChI=1S/C29H35N5O7S2.C24H27N5O5S2/c1-29(2,3)41-28(37)34-9-8-17-6-4-5-7-21(17)25(34)19-11-24(42-15-19)26(36)22-13-31-16-32-27(22)33-20-10-18(23(35)12-20)14-40-43(30,38)39;25-36(32,33)34-11-15-7-17(9-20(15)30)29-24-19(10-26-13-28-24)23(31)21-8-16(12-35-21)22-18-4-2-1-3-14(18)5-6-27-22/h4-7,11,13,15-16,18,20,23,25,35H,8-10,12,14H2,1-3H3,(H2,30,38,39)(H,31,32,33);1-4,8,10,12-13,15,17,20,22,27,30H,5-7,9,11H2,(H2,25,32,33)(H,26,28,29)/t18-,20-,23+,25?;15-,17-,20+,22?/m11/s1. The number of hydrogen-bond donors (Lipinski definition) is 7. The number of thiophene rings is 2. The minimum atomic E-state index is -4.12. The van der Waals surface area contributed by atoms with Crippen molar-refractivity contribution in [3.8, 4) is 0 Å². The molecule has 0 bridgehead atoms. The first-order valence-corrected chi connectivity index (χ1v) is 30.3. The van der Waals surface area contributed by atoms with Gasteiger partial charge in [-0.15, -0.1) is 22.7 Å². The van der Waals surface area contributed by atoms with Gasteiger partial charge in [0.05, 0.1) is 58.4 Å². The van der Waals surface area contributed by atoms with Crippen LogP contribution in [-0.2, 0) is 46.6 Å². The molecule has 9 N–H and O–H groups in total. The molecule has 4 aliphatic rings. The summed E-state index contributed by atoms with van der Waals surface area (Å²) in [5.41, 5.74) is 6.44. The number of nitrogens with two attached hydrogens (primary N) is 2. The minimum Gasteiger partial charge on any atom is -0.444 e. The van der Waals surface area contributed by atoms with E-state index < -0.39 is 62.4 Å². The van der Waals surface area contributed by atoms with Gasteiger partial charge >= 0.3 is 26.7 Å². The first kappa shape index (κ1) is 57.5. The summed E-state index contributed by atoms with van der Waals surface area (Å²) in [6.07, 6.45) is 6.76. The second-order valence-corrected chi connectivity index (χ2v) is 25.2. The van der Waals surface area contributed by atoms with Crippen LogP contribution in [0.15, 0.2) is 96.5 Å². The van der Waals surface area contributed by atoms with Crippen LogP contribution in [0.5, 0.6) is 0 Å². The van der Waals surface area contributed by atoms with Gasteiger partial charge in [0.1, 0.15) is 29.9 Å². The van der Waals surface area contributed by atoms with Crippen molar-refractivity contribution in [2.45, 2.75) is 101 Å². The molecule has 1 amide bonds. The van der Waals surface area contributed by atoms with Crippen LogP contribution in [0.25, 0.3) is 0 Å². The maximum Gasteiger partial charge on any atom is 0.411 e. The Kier molecular flexibility index (Phi) is 17.7. The number of benzene rings is 2. The van der Waals surface area contributed by atoms with Gasteiger partial charge in [-0.25, -0.2) is 35.0 Å². The summed E-state index contributed by atoms with van der Waals surface area (Å²) >= 11 is 2.66. The third kappa shape index (κ3) is 14.4. The summed E-state index contributed by atoms with van der Waals surface area (Å²) < 4.78 is 59.6. The van der Waals surface area contributed by atoms with E-state index >= 15 is 0 Å². The Labute approximate surface area is 465 Å². The van der Waals surface area contributed by atoms with Gasteiger partial charge in [-0.2, -0.15) is 16.8 Å². The number of carbonyl (C=O) groups excluding carboxylic acids is 3. The predicted molar refractivity (Wildman–Crippen MR) is 295 cm³/mol. The Morgan fingerprint density at radius 3 is 1.75 bits per heavy atom. The van der Waals surface area contributed by atoms with Gasteiger partial charge in [0.15, 0.2) is 0 Å². The highest BCUT2D eigenvalue weighted by atomic mass is 32.2. The van der Waals surface area contributed by atoms with Crippen molar-refractivity contribution in [3.05, 3.63) is 151 Å². The molecule has 6 heterocycles. The number of fused-ring (bicyclic) bond motifs is 2. The van der Waals surface area contributed by atoms with Gasteiger partial charge in [-0.3, -0.25) is 22.9 Å². The molecule has 2 fully saturated rings. The van der Waals surface area contributed by atoms with Gasteiger partial charge in [0, 0.05) is 49.4 Å². The number of aliphatic hydroxyl groups excluding tert-OH is 2. The van der Waals surface area contributed by atoms with Gasteiger partial charge < -0.3 is 30.9 Å². The Hall–Kier alpha value is -6.17. The van der Waals surface area contributed by atoms with Crippen LogP contribution in [0.4, 0.5) is 16.4 Å². The zero-order chi connectivity index (χ0) is 56.2.